The molecule has 0 fully saturated rings. The summed E-state index contributed by atoms with van der Waals surface area (Å²) in [6.07, 6.45) is 1.70. The average Bonchev–Trinajstić information content (AvgIpc) is 2.61. The standard InChI is InChI=1S/C20H17N3O2/c1-12(2)18-22-17-11-14(24)7-8-16(17)20(25)23(18)19-15-6-4-3-5-13(15)9-10-21-19/h3-12,24H,1-2H3. The summed E-state index contributed by atoms with van der Waals surface area (Å²) in [6.45, 7) is 3.97. The van der Waals surface area contributed by atoms with Gasteiger partial charge in [-0.15, -0.1) is 0 Å². The molecule has 0 amide bonds. The molecule has 0 aliphatic heterocycles. The molecular formula is C20H17N3O2. The van der Waals surface area contributed by atoms with Crippen molar-refractivity contribution in [2.24, 2.45) is 0 Å². The van der Waals surface area contributed by atoms with Gasteiger partial charge in [0, 0.05) is 23.6 Å². The van der Waals surface area contributed by atoms with E-state index >= 15 is 0 Å². The van der Waals surface area contributed by atoms with E-state index in [1.54, 1.807) is 16.8 Å². The summed E-state index contributed by atoms with van der Waals surface area (Å²) in [5, 5.41) is 12.1. The van der Waals surface area contributed by atoms with Gasteiger partial charge in [-0.3, -0.25) is 4.79 Å². The van der Waals surface area contributed by atoms with Gasteiger partial charge in [0.2, 0.25) is 0 Å². The van der Waals surface area contributed by atoms with Crippen molar-refractivity contribution in [1.82, 2.24) is 14.5 Å². The van der Waals surface area contributed by atoms with Gasteiger partial charge in [-0.2, -0.15) is 0 Å². The van der Waals surface area contributed by atoms with E-state index in [9.17, 15) is 9.90 Å². The fraction of sp³-hybridized carbons (Fsp3) is 0.150. The number of hydrogen-bond acceptors (Lipinski definition) is 4. The highest BCUT2D eigenvalue weighted by Crippen LogP contribution is 2.24. The van der Waals surface area contributed by atoms with Crippen LogP contribution in [0, 0.1) is 0 Å². The van der Waals surface area contributed by atoms with Gasteiger partial charge >= 0.3 is 0 Å². The largest absolute Gasteiger partial charge is 0.508 e. The first kappa shape index (κ1) is 15.3. The van der Waals surface area contributed by atoms with E-state index in [2.05, 4.69) is 9.97 Å². The van der Waals surface area contributed by atoms with Crippen LogP contribution in [0.5, 0.6) is 5.75 Å². The van der Waals surface area contributed by atoms with Gasteiger partial charge in [0.15, 0.2) is 0 Å². The molecule has 4 aromatic rings. The fourth-order valence-electron chi connectivity index (χ4n) is 3.07. The number of phenols is 1. The molecule has 2 aromatic carbocycles. The van der Waals surface area contributed by atoms with Crippen molar-refractivity contribution in [2.45, 2.75) is 19.8 Å². The molecule has 4 rings (SSSR count). The van der Waals surface area contributed by atoms with Crippen molar-refractivity contribution in [3.05, 3.63) is 70.9 Å². The second-order valence-corrected chi connectivity index (χ2v) is 6.32. The summed E-state index contributed by atoms with van der Waals surface area (Å²) >= 11 is 0. The highest BCUT2D eigenvalue weighted by Gasteiger charge is 2.18. The number of hydrogen-bond donors (Lipinski definition) is 1. The molecule has 124 valence electrons. The Kier molecular flexibility index (Phi) is 3.50. The van der Waals surface area contributed by atoms with E-state index in [0.717, 1.165) is 10.8 Å². The Hall–Kier alpha value is -3.21. The third kappa shape index (κ3) is 2.45. The van der Waals surface area contributed by atoms with Gasteiger partial charge in [0.1, 0.15) is 17.4 Å². The Balaban J connectivity index is 2.16. The molecule has 0 saturated carbocycles. The van der Waals surface area contributed by atoms with Crippen LogP contribution in [0.2, 0.25) is 0 Å². The van der Waals surface area contributed by atoms with Crippen molar-refractivity contribution in [3.63, 3.8) is 0 Å². The number of aromatic hydroxyl groups is 1. The Morgan fingerprint density at radius 1 is 1.04 bits per heavy atom. The first-order valence-electron chi connectivity index (χ1n) is 8.16. The Morgan fingerprint density at radius 2 is 1.84 bits per heavy atom. The lowest BCUT2D eigenvalue weighted by atomic mass is 10.1. The predicted molar refractivity (Wildman–Crippen MR) is 98.4 cm³/mol. The second-order valence-electron chi connectivity index (χ2n) is 6.32. The van der Waals surface area contributed by atoms with Gasteiger partial charge in [-0.1, -0.05) is 38.1 Å². The monoisotopic (exact) mass is 331 g/mol. The molecule has 0 bridgehead atoms. The SMILES string of the molecule is CC(C)c1nc2cc(O)ccc2c(=O)n1-c1nccc2ccccc12. The molecular weight excluding hydrogens is 314 g/mol. The molecule has 5 heteroatoms. The Bertz CT molecular complexity index is 1160. The van der Waals surface area contributed by atoms with Crippen LogP contribution < -0.4 is 5.56 Å². The maximum Gasteiger partial charge on any atom is 0.267 e. The lowest BCUT2D eigenvalue weighted by Crippen LogP contribution is -2.25. The zero-order chi connectivity index (χ0) is 17.6. The van der Waals surface area contributed by atoms with E-state index in [-0.39, 0.29) is 17.2 Å². The van der Waals surface area contributed by atoms with Crippen LogP contribution in [-0.2, 0) is 0 Å². The molecule has 5 nitrogen and oxygen atoms in total. The lowest BCUT2D eigenvalue weighted by molar-refractivity contribution is 0.476. The molecule has 0 spiro atoms. The quantitative estimate of drug-likeness (QED) is 0.607. The van der Waals surface area contributed by atoms with Crippen LogP contribution in [0.3, 0.4) is 0 Å². The Morgan fingerprint density at radius 3 is 2.64 bits per heavy atom. The molecule has 0 unspecified atom stereocenters. The lowest BCUT2D eigenvalue weighted by Gasteiger charge is -2.16. The van der Waals surface area contributed by atoms with Gasteiger partial charge in [-0.25, -0.2) is 14.5 Å². The minimum atomic E-state index is -0.183. The van der Waals surface area contributed by atoms with Gasteiger partial charge in [-0.05, 0) is 23.6 Å². The zero-order valence-electron chi connectivity index (χ0n) is 14.0. The first-order valence-corrected chi connectivity index (χ1v) is 8.16. The summed E-state index contributed by atoms with van der Waals surface area (Å²) in [6, 6.07) is 14.4. The summed E-state index contributed by atoms with van der Waals surface area (Å²) in [5.41, 5.74) is 0.308. The molecule has 0 aliphatic rings. The van der Waals surface area contributed by atoms with E-state index in [4.69, 9.17) is 0 Å². The average molecular weight is 331 g/mol. The number of aromatic nitrogens is 3. The number of pyridine rings is 1. The highest BCUT2D eigenvalue weighted by molar-refractivity contribution is 5.89. The van der Waals surface area contributed by atoms with Gasteiger partial charge in [0.05, 0.1) is 10.9 Å². The van der Waals surface area contributed by atoms with Crippen LogP contribution in [0.4, 0.5) is 0 Å². The van der Waals surface area contributed by atoms with E-state index < -0.39 is 0 Å². The molecule has 0 aliphatic carbocycles. The van der Waals surface area contributed by atoms with Crippen molar-refractivity contribution < 1.29 is 5.11 Å². The van der Waals surface area contributed by atoms with Crippen molar-refractivity contribution in [3.8, 4) is 11.6 Å². The third-order valence-corrected chi connectivity index (χ3v) is 4.26. The number of phenolic OH excluding ortho intramolecular Hbond substituents is 1. The molecule has 0 saturated heterocycles. The smallest absolute Gasteiger partial charge is 0.267 e. The third-order valence-electron chi connectivity index (χ3n) is 4.26. The number of rotatable bonds is 2. The maximum atomic E-state index is 13.2. The summed E-state index contributed by atoms with van der Waals surface area (Å²) in [7, 11) is 0. The summed E-state index contributed by atoms with van der Waals surface area (Å²) < 4.78 is 1.59. The normalized spacial score (nSPS) is 11.5. The molecule has 0 radical (unpaired) electrons. The summed E-state index contributed by atoms with van der Waals surface area (Å²) in [4.78, 5) is 22.3. The van der Waals surface area contributed by atoms with Crippen molar-refractivity contribution in [1.29, 1.82) is 0 Å². The summed E-state index contributed by atoms with van der Waals surface area (Å²) in [5.74, 6) is 1.30. The van der Waals surface area contributed by atoms with E-state index in [0.29, 0.717) is 22.5 Å². The van der Waals surface area contributed by atoms with Crippen molar-refractivity contribution in [2.75, 3.05) is 0 Å². The minimum Gasteiger partial charge on any atom is -0.508 e. The van der Waals surface area contributed by atoms with Crippen LogP contribution in [-0.4, -0.2) is 19.6 Å². The first-order chi connectivity index (χ1) is 12.1. The molecule has 25 heavy (non-hydrogen) atoms. The van der Waals surface area contributed by atoms with Crippen LogP contribution in [0.1, 0.15) is 25.6 Å². The minimum absolute atomic E-state index is 0.0141. The molecule has 2 aromatic heterocycles. The van der Waals surface area contributed by atoms with E-state index in [1.165, 1.54) is 12.1 Å². The topological polar surface area (TPSA) is 68.0 Å². The van der Waals surface area contributed by atoms with Crippen molar-refractivity contribution >= 4 is 21.7 Å². The van der Waals surface area contributed by atoms with Crippen LogP contribution in [0.15, 0.2) is 59.5 Å². The molecule has 1 N–H and O–H groups in total. The number of nitrogens with zero attached hydrogens (tertiary/aromatic N) is 3. The maximum absolute atomic E-state index is 13.2. The van der Waals surface area contributed by atoms with Gasteiger partial charge < -0.3 is 5.11 Å². The molecule has 0 atom stereocenters. The Labute approximate surface area is 144 Å². The fourth-order valence-corrected chi connectivity index (χ4v) is 3.07. The van der Waals surface area contributed by atoms with Crippen LogP contribution in [0.25, 0.3) is 27.5 Å². The number of benzene rings is 2. The molecule has 2 heterocycles. The highest BCUT2D eigenvalue weighted by atomic mass is 16.3. The van der Waals surface area contributed by atoms with Gasteiger partial charge in [0.25, 0.3) is 5.56 Å². The van der Waals surface area contributed by atoms with Crippen LogP contribution >= 0.6 is 0 Å². The van der Waals surface area contributed by atoms with E-state index in [1.807, 2.05) is 44.2 Å². The number of fused-ring (bicyclic) bond motifs is 2. The second kappa shape index (κ2) is 5.70. The zero-order valence-corrected chi connectivity index (χ0v) is 14.0. The predicted octanol–water partition coefficient (Wildman–Crippen LogP) is 3.76.